The summed E-state index contributed by atoms with van der Waals surface area (Å²) in [4.78, 5) is 43.6. The highest BCUT2D eigenvalue weighted by Gasteiger charge is 2.27. The summed E-state index contributed by atoms with van der Waals surface area (Å²) in [6.07, 6.45) is 0.110. The number of anilines is 2. The first-order chi connectivity index (χ1) is 22.5. The number of carbonyl (C=O) groups is 3. The van der Waals surface area contributed by atoms with Crippen molar-refractivity contribution in [1.29, 1.82) is 5.26 Å². The van der Waals surface area contributed by atoms with E-state index in [2.05, 4.69) is 21.7 Å². The molecule has 0 saturated carbocycles. The molecule has 0 radical (unpaired) electrons. The quantitative estimate of drug-likeness (QED) is 0.150. The minimum atomic E-state index is -1.13. The lowest BCUT2D eigenvalue weighted by molar-refractivity contribution is -0.116. The summed E-state index contributed by atoms with van der Waals surface area (Å²) in [5, 5.41) is 25.5. The molecular weight excluding hydrogens is 606 g/mol. The highest BCUT2D eigenvalue weighted by molar-refractivity contribution is 6.03. The van der Waals surface area contributed by atoms with Gasteiger partial charge in [0, 0.05) is 42.3 Å². The average Bonchev–Trinajstić information content (AvgIpc) is 3.58. The van der Waals surface area contributed by atoms with Crippen LogP contribution in [0.25, 0.3) is 22.4 Å². The molecule has 13 heteroatoms. The predicted molar refractivity (Wildman–Crippen MR) is 173 cm³/mol. The van der Waals surface area contributed by atoms with Crippen LogP contribution in [0.15, 0.2) is 71.3 Å². The maximum Gasteiger partial charge on any atom is 0.407 e. The van der Waals surface area contributed by atoms with Crippen molar-refractivity contribution in [3.05, 3.63) is 78.3 Å². The van der Waals surface area contributed by atoms with Crippen LogP contribution in [-0.2, 0) is 9.53 Å². The second-order valence-corrected chi connectivity index (χ2v) is 11.2. The van der Waals surface area contributed by atoms with Crippen LogP contribution in [0.2, 0.25) is 0 Å². The number of ether oxygens (including phenoxy) is 3. The average molecular weight is 642 g/mol. The van der Waals surface area contributed by atoms with Crippen molar-refractivity contribution >= 4 is 29.4 Å². The summed E-state index contributed by atoms with van der Waals surface area (Å²) in [6, 6.07) is 18.9. The molecule has 3 amide bonds. The fourth-order valence-corrected chi connectivity index (χ4v) is 4.81. The summed E-state index contributed by atoms with van der Waals surface area (Å²) < 4.78 is 21.8. The Balaban J connectivity index is 1.81. The predicted octanol–water partition coefficient (Wildman–Crippen LogP) is 6.23. The standard InChI is InChI=1S/C34H35N5O8/c1-34(2,3)39(33(42)43)16-15-29(40)36-25-12-8-11-21(30(25)45-5)23-18-26(22-10-6-7-13-27(22)47-20-44-4)37-31(24(23)19-35)38-32(41)28-14-9-17-46-28/h6-14,17-18H,15-16,20H2,1-5H3,(H,36,40)(H,42,43)(H,37,38,41). The molecule has 244 valence electrons. The number of benzene rings is 2. The SMILES string of the molecule is COCOc1ccccc1-c1cc(-c2cccc(NC(=O)CCN(C(=O)O)C(C)(C)C)c2OC)c(C#N)c(NC(=O)c2ccco2)n1. The number of furan rings is 1. The van der Waals surface area contributed by atoms with Crippen LogP contribution in [0.3, 0.4) is 0 Å². The topological polar surface area (TPSA) is 176 Å². The molecule has 2 aromatic heterocycles. The third kappa shape index (κ3) is 8.05. The number of pyridine rings is 1. The first-order valence-electron chi connectivity index (χ1n) is 14.5. The number of aromatic nitrogens is 1. The van der Waals surface area contributed by atoms with E-state index >= 15 is 0 Å². The number of rotatable bonds is 12. The van der Waals surface area contributed by atoms with Gasteiger partial charge in [0.2, 0.25) is 5.91 Å². The van der Waals surface area contributed by atoms with E-state index in [-0.39, 0.29) is 42.6 Å². The van der Waals surface area contributed by atoms with Gasteiger partial charge in [-0.05, 0) is 57.2 Å². The zero-order chi connectivity index (χ0) is 34.1. The third-order valence-corrected chi connectivity index (χ3v) is 6.99. The summed E-state index contributed by atoms with van der Waals surface area (Å²) in [5.74, 6) is -0.420. The Hall–Kier alpha value is -5.87. The van der Waals surface area contributed by atoms with Gasteiger partial charge in [0.15, 0.2) is 18.4 Å². The molecule has 0 unspecified atom stereocenters. The number of carbonyl (C=O) groups excluding carboxylic acids is 2. The van der Waals surface area contributed by atoms with Gasteiger partial charge in [-0.2, -0.15) is 5.26 Å². The molecule has 2 heterocycles. The van der Waals surface area contributed by atoms with Crippen LogP contribution in [-0.4, -0.2) is 66.0 Å². The zero-order valence-corrected chi connectivity index (χ0v) is 26.6. The Morgan fingerprint density at radius 2 is 1.74 bits per heavy atom. The summed E-state index contributed by atoms with van der Waals surface area (Å²) in [5.41, 5.74) is 1.27. The minimum Gasteiger partial charge on any atom is -0.494 e. The number of nitrogens with zero attached hydrogens (tertiary/aromatic N) is 3. The second kappa shape index (κ2) is 14.9. The molecule has 0 aliphatic rings. The lowest BCUT2D eigenvalue weighted by Gasteiger charge is -2.32. The van der Waals surface area contributed by atoms with E-state index < -0.39 is 23.4 Å². The number of nitrogens with one attached hydrogen (secondary N) is 2. The van der Waals surface area contributed by atoms with Gasteiger partial charge in [0.05, 0.1) is 24.8 Å². The molecule has 0 aliphatic heterocycles. The van der Waals surface area contributed by atoms with Crippen molar-refractivity contribution in [2.45, 2.75) is 32.7 Å². The van der Waals surface area contributed by atoms with Crippen molar-refractivity contribution in [1.82, 2.24) is 9.88 Å². The fraction of sp³-hybridized carbons (Fsp3) is 0.265. The molecule has 0 aliphatic carbocycles. The minimum absolute atomic E-state index is 0.0154. The lowest BCUT2D eigenvalue weighted by Crippen LogP contribution is -2.46. The Morgan fingerprint density at radius 3 is 2.38 bits per heavy atom. The smallest absolute Gasteiger partial charge is 0.407 e. The third-order valence-electron chi connectivity index (χ3n) is 6.99. The monoisotopic (exact) mass is 641 g/mol. The Morgan fingerprint density at radius 1 is 1.00 bits per heavy atom. The highest BCUT2D eigenvalue weighted by atomic mass is 16.7. The lowest BCUT2D eigenvalue weighted by atomic mass is 9.96. The van der Waals surface area contributed by atoms with Crippen LogP contribution in [0.5, 0.6) is 11.5 Å². The van der Waals surface area contributed by atoms with Crippen molar-refractivity contribution in [2.24, 2.45) is 0 Å². The van der Waals surface area contributed by atoms with E-state index in [1.807, 2.05) is 0 Å². The largest absolute Gasteiger partial charge is 0.494 e. The van der Waals surface area contributed by atoms with E-state index in [4.69, 9.17) is 18.6 Å². The van der Waals surface area contributed by atoms with E-state index in [1.165, 1.54) is 31.4 Å². The maximum atomic E-state index is 13.1. The van der Waals surface area contributed by atoms with Crippen LogP contribution in [0.1, 0.15) is 43.3 Å². The Kier molecular flexibility index (Phi) is 10.8. The van der Waals surface area contributed by atoms with Crippen LogP contribution in [0.4, 0.5) is 16.3 Å². The Bertz CT molecular complexity index is 1790. The number of amides is 3. The fourth-order valence-electron chi connectivity index (χ4n) is 4.81. The number of hydrogen-bond donors (Lipinski definition) is 3. The van der Waals surface area contributed by atoms with Gasteiger partial charge in [-0.3, -0.25) is 9.59 Å². The van der Waals surface area contributed by atoms with E-state index in [9.17, 15) is 24.8 Å². The number of nitriles is 1. The maximum absolute atomic E-state index is 13.1. The summed E-state index contributed by atoms with van der Waals surface area (Å²) in [6.45, 7) is 5.18. The van der Waals surface area contributed by atoms with Crippen LogP contribution >= 0.6 is 0 Å². The molecule has 0 saturated heterocycles. The first-order valence-corrected chi connectivity index (χ1v) is 14.5. The molecule has 13 nitrogen and oxygen atoms in total. The molecule has 4 rings (SSSR count). The van der Waals surface area contributed by atoms with E-state index in [0.717, 1.165) is 0 Å². The van der Waals surface area contributed by atoms with Gasteiger partial charge < -0.3 is 39.3 Å². The normalized spacial score (nSPS) is 10.9. The van der Waals surface area contributed by atoms with Crippen molar-refractivity contribution < 1.29 is 38.1 Å². The first kappa shape index (κ1) is 34.0. The molecule has 0 atom stereocenters. The van der Waals surface area contributed by atoms with Gasteiger partial charge in [0.1, 0.15) is 23.1 Å². The number of carboxylic acid groups (broad SMARTS) is 1. The molecule has 0 spiro atoms. The molecule has 2 aromatic carbocycles. The molecule has 4 aromatic rings. The molecule has 0 fully saturated rings. The van der Waals surface area contributed by atoms with Gasteiger partial charge in [-0.15, -0.1) is 0 Å². The van der Waals surface area contributed by atoms with Crippen LogP contribution in [0, 0.1) is 11.3 Å². The number of methoxy groups -OCH3 is 2. The number of para-hydroxylation sites is 2. The summed E-state index contributed by atoms with van der Waals surface area (Å²) >= 11 is 0. The van der Waals surface area contributed by atoms with Gasteiger partial charge in [0.25, 0.3) is 5.91 Å². The van der Waals surface area contributed by atoms with Gasteiger partial charge in [-0.1, -0.05) is 24.3 Å². The van der Waals surface area contributed by atoms with E-state index in [0.29, 0.717) is 33.8 Å². The molecule has 47 heavy (non-hydrogen) atoms. The van der Waals surface area contributed by atoms with Crippen molar-refractivity contribution in [3.8, 4) is 40.0 Å². The van der Waals surface area contributed by atoms with Gasteiger partial charge >= 0.3 is 6.09 Å². The second-order valence-electron chi connectivity index (χ2n) is 11.2. The van der Waals surface area contributed by atoms with Crippen molar-refractivity contribution in [2.75, 3.05) is 38.2 Å². The molecular formula is C34H35N5O8. The molecule has 3 N–H and O–H groups in total. The van der Waals surface area contributed by atoms with Crippen LogP contribution < -0.4 is 20.1 Å². The van der Waals surface area contributed by atoms with Gasteiger partial charge in [-0.25, -0.2) is 9.78 Å². The Labute approximate surface area is 271 Å². The summed E-state index contributed by atoms with van der Waals surface area (Å²) in [7, 11) is 2.91. The zero-order valence-electron chi connectivity index (χ0n) is 26.6. The van der Waals surface area contributed by atoms with Crippen molar-refractivity contribution in [3.63, 3.8) is 0 Å². The number of hydrogen-bond acceptors (Lipinski definition) is 9. The van der Waals surface area contributed by atoms with E-state index in [1.54, 1.807) is 75.4 Å². The molecule has 0 bridgehead atoms. The highest BCUT2D eigenvalue weighted by Crippen LogP contribution is 2.42.